The monoisotopic (exact) mass is 346 g/mol. The number of ether oxygens (including phenoxy) is 2. The van der Waals surface area contributed by atoms with Crippen LogP contribution in [0.3, 0.4) is 0 Å². The van der Waals surface area contributed by atoms with Crippen molar-refractivity contribution in [2.45, 2.75) is 18.8 Å². The molecule has 130 valence electrons. The number of amides is 1. The number of anilines is 1. The normalized spacial score (nSPS) is 15.7. The van der Waals surface area contributed by atoms with E-state index in [0.29, 0.717) is 41.9 Å². The van der Waals surface area contributed by atoms with E-state index in [4.69, 9.17) is 14.5 Å². The Labute approximate surface area is 151 Å². The number of fused-ring (bicyclic) bond motifs is 2. The van der Waals surface area contributed by atoms with Gasteiger partial charge in [-0.05, 0) is 37.1 Å². The van der Waals surface area contributed by atoms with Crippen molar-refractivity contribution < 1.29 is 14.3 Å². The third kappa shape index (κ3) is 2.75. The molecule has 1 aliphatic heterocycles. The molecular formula is C21H18N2O3. The summed E-state index contributed by atoms with van der Waals surface area (Å²) in [6.07, 6.45) is 2.29. The predicted octanol–water partition coefficient (Wildman–Crippen LogP) is 4.14. The Balaban J connectivity index is 1.50. The summed E-state index contributed by atoms with van der Waals surface area (Å²) >= 11 is 0. The Hall–Kier alpha value is -3.08. The van der Waals surface area contributed by atoms with Gasteiger partial charge in [0.2, 0.25) is 0 Å². The van der Waals surface area contributed by atoms with E-state index in [1.54, 1.807) is 6.07 Å². The molecule has 5 nitrogen and oxygen atoms in total. The lowest BCUT2D eigenvalue weighted by molar-refractivity contribution is 0.102. The molecule has 5 rings (SSSR count). The predicted molar refractivity (Wildman–Crippen MR) is 99.1 cm³/mol. The average molecular weight is 346 g/mol. The molecule has 1 aromatic heterocycles. The van der Waals surface area contributed by atoms with Crippen molar-refractivity contribution in [3.63, 3.8) is 0 Å². The van der Waals surface area contributed by atoms with E-state index < -0.39 is 0 Å². The van der Waals surface area contributed by atoms with Gasteiger partial charge >= 0.3 is 0 Å². The Morgan fingerprint density at radius 2 is 1.81 bits per heavy atom. The quantitative estimate of drug-likeness (QED) is 0.774. The third-order valence-electron chi connectivity index (χ3n) is 4.78. The second kappa shape index (κ2) is 6.02. The Bertz CT molecular complexity index is 1010. The first-order valence-electron chi connectivity index (χ1n) is 8.88. The van der Waals surface area contributed by atoms with Gasteiger partial charge in [-0.15, -0.1) is 0 Å². The average Bonchev–Trinajstić information content (AvgIpc) is 3.52. The first-order chi connectivity index (χ1) is 12.8. The highest BCUT2D eigenvalue weighted by Crippen LogP contribution is 2.40. The van der Waals surface area contributed by atoms with Gasteiger partial charge in [0.05, 0.1) is 11.1 Å². The number of para-hydroxylation sites is 1. The first-order valence-corrected chi connectivity index (χ1v) is 8.88. The molecule has 1 N–H and O–H groups in total. The van der Waals surface area contributed by atoms with E-state index in [9.17, 15) is 4.79 Å². The molecule has 0 atom stereocenters. The fraction of sp³-hybridized carbons (Fsp3) is 0.238. The fourth-order valence-corrected chi connectivity index (χ4v) is 3.29. The third-order valence-corrected chi connectivity index (χ3v) is 4.78. The molecule has 1 saturated carbocycles. The minimum Gasteiger partial charge on any atom is -0.486 e. The molecule has 0 saturated heterocycles. The fourth-order valence-electron chi connectivity index (χ4n) is 3.29. The lowest BCUT2D eigenvalue weighted by Crippen LogP contribution is -2.17. The summed E-state index contributed by atoms with van der Waals surface area (Å²) in [7, 11) is 0. The van der Waals surface area contributed by atoms with Gasteiger partial charge in [0, 0.05) is 28.8 Å². The van der Waals surface area contributed by atoms with Crippen molar-refractivity contribution in [3.05, 3.63) is 59.8 Å². The molecule has 26 heavy (non-hydrogen) atoms. The van der Waals surface area contributed by atoms with Gasteiger partial charge in [-0.3, -0.25) is 9.78 Å². The van der Waals surface area contributed by atoms with Crippen LogP contribution >= 0.6 is 0 Å². The smallest absolute Gasteiger partial charge is 0.256 e. The van der Waals surface area contributed by atoms with E-state index in [2.05, 4.69) is 5.32 Å². The summed E-state index contributed by atoms with van der Waals surface area (Å²) < 4.78 is 11.1. The lowest BCUT2D eigenvalue weighted by atomic mass is 10.1. The van der Waals surface area contributed by atoms with Crippen LogP contribution in [0.2, 0.25) is 0 Å². The van der Waals surface area contributed by atoms with E-state index in [1.807, 2.05) is 42.5 Å². The molecule has 0 spiro atoms. The second-order valence-electron chi connectivity index (χ2n) is 6.70. The Morgan fingerprint density at radius 3 is 2.65 bits per heavy atom. The molecule has 3 aromatic rings. The molecule has 1 fully saturated rings. The molecule has 1 aliphatic carbocycles. The van der Waals surface area contributed by atoms with Crippen molar-refractivity contribution in [2.24, 2.45) is 0 Å². The highest BCUT2D eigenvalue weighted by Gasteiger charge is 2.27. The van der Waals surface area contributed by atoms with Crippen molar-refractivity contribution in [1.29, 1.82) is 0 Å². The first kappa shape index (κ1) is 15.2. The van der Waals surface area contributed by atoms with Crippen LogP contribution in [-0.2, 0) is 0 Å². The maximum atomic E-state index is 13.0. The molecule has 0 unspecified atom stereocenters. The lowest BCUT2D eigenvalue weighted by Gasteiger charge is -2.19. The number of carbonyl (C=O) groups excluding carboxylic acids is 1. The van der Waals surface area contributed by atoms with Gasteiger partial charge in [-0.1, -0.05) is 18.2 Å². The van der Waals surface area contributed by atoms with Gasteiger partial charge in [0.25, 0.3) is 5.91 Å². The zero-order chi connectivity index (χ0) is 17.5. The van der Waals surface area contributed by atoms with Crippen LogP contribution in [0.15, 0.2) is 48.5 Å². The van der Waals surface area contributed by atoms with Crippen LogP contribution in [0, 0.1) is 0 Å². The number of rotatable bonds is 3. The number of nitrogens with zero attached hydrogens (tertiary/aromatic N) is 1. The standard InChI is InChI=1S/C21H18N2O3/c24-21(22-14-7-8-19-20(11-14)26-10-9-25-19)16-12-18(13-5-6-13)23-17-4-2-1-3-15(16)17/h1-4,7-8,11-13H,5-6,9-10H2,(H,22,24). The van der Waals surface area contributed by atoms with Crippen LogP contribution in [0.5, 0.6) is 11.5 Å². The Morgan fingerprint density at radius 1 is 1.00 bits per heavy atom. The SMILES string of the molecule is O=C(Nc1ccc2c(c1)OCCO2)c1cc(C2CC2)nc2ccccc12. The maximum absolute atomic E-state index is 13.0. The topological polar surface area (TPSA) is 60.5 Å². The van der Waals surface area contributed by atoms with Crippen LogP contribution in [0.4, 0.5) is 5.69 Å². The number of hydrogen-bond acceptors (Lipinski definition) is 4. The van der Waals surface area contributed by atoms with E-state index in [0.717, 1.165) is 29.4 Å². The minimum absolute atomic E-state index is 0.137. The molecule has 5 heteroatoms. The van der Waals surface area contributed by atoms with Crippen LogP contribution in [0.1, 0.15) is 34.8 Å². The van der Waals surface area contributed by atoms with Crippen molar-refractivity contribution in [1.82, 2.24) is 4.98 Å². The summed E-state index contributed by atoms with van der Waals surface area (Å²) in [5, 5.41) is 3.85. The number of pyridine rings is 1. The van der Waals surface area contributed by atoms with Crippen LogP contribution in [-0.4, -0.2) is 24.1 Å². The number of hydrogen-bond donors (Lipinski definition) is 1. The number of nitrogens with one attached hydrogen (secondary N) is 1. The summed E-state index contributed by atoms with van der Waals surface area (Å²) in [5.74, 6) is 1.72. The van der Waals surface area contributed by atoms with Gasteiger partial charge in [0.15, 0.2) is 11.5 Å². The van der Waals surface area contributed by atoms with Crippen molar-refractivity contribution in [2.75, 3.05) is 18.5 Å². The highest BCUT2D eigenvalue weighted by molar-refractivity contribution is 6.12. The molecule has 0 radical (unpaired) electrons. The van der Waals surface area contributed by atoms with Gasteiger partial charge in [-0.25, -0.2) is 0 Å². The van der Waals surface area contributed by atoms with Gasteiger partial charge in [0.1, 0.15) is 13.2 Å². The Kier molecular flexibility index (Phi) is 3.52. The number of aromatic nitrogens is 1. The number of benzene rings is 2. The second-order valence-corrected chi connectivity index (χ2v) is 6.70. The van der Waals surface area contributed by atoms with Crippen LogP contribution < -0.4 is 14.8 Å². The molecule has 1 amide bonds. The van der Waals surface area contributed by atoms with Crippen LogP contribution in [0.25, 0.3) is 10.9 Å². The largest absolute Gasteiger partial charge is 0.486 e. The molecular weight excluding hydrogens is 328 g/mol. The van der Waals surface area contributed by atoms with E-state index >= 15 is 0 Å². The summed E-state index contributed by atoms with van der Waals surface area (Å²) in [4.78, 5) is 17.7. The van der Waals surface area contributed by atoms with E-state index in [1.165, 1.54) is 0 Å². The summed E-state index contributed by atoms with van der Waals surface area (Å²) in [6.45, 7) is 1.07. The minimum atomic E-state index is -0.137. The number of carbonyl (C=O) groups is 1. The van der Waals surface area contributed by atoms with Gasteiger partial charge < -0.3 is 14.8 Å². The maximum Gasteiger partial charge on any atom is 0.256 e. The van der Waals surface area contributed by atoms with Crippen molar-refractivity contribution in [3.8, 4) is 11.5 Å². The van der Waals surface area contributed by atoms with Gasteiger partial charge in [-0.2, -0.15) is 0 Å². The molecule has 2 aliphatic rings. The summed E-state index contributed by atoms with van der Waals surface area (Å²) in [5.41, 5.74) is 3.22. The zero-order valence-electron chi connectivity index (χ0n) is 14.2. The van der Waals surface area contributed by atoms with Crippen molar-refractivity contribution >= 4 is 22.5 Å². The molecule has 2 heterocycles. The molecule has 0 bridgehead atoms. The zero-order valence-corrected chi connectivity index (χ0v) is 14.2. The molecule has 2 aromatic carbocycles. The highest BCUT2D eigenvalue weighted by atomic mass is 16.6. The van der Waals surface area contributed by atoms with E-state index in [-0.39, 0.29) is 5.91 Å². The summed E-state index contributed by atoms with van der Waals surface area (Å²) in [6, 6.07) is 15.2.